The Balaban J connectivity index is 2.65. The van der Waals surface area contributed by atoms with Gasteiger partial charge >= 0.3 is 0 Å². The average molecular weight is 229 g/mol. The second-order valence-electron chi connectivity index (χ2n) is 3.45. The van der Waals surface area contributed by atoms with Crippen LogP contribution in [0.4, 0.5) is 0 Å². The summed E-state index contributed by atoms with van der Waals surface area (Å²) in [4.78, 5) is 0. The van der Waals surface area contributed by atoms with Crippen molar-refractivity contribution in [2.24, 2.45) is 0 Å². The molecule has 1 atom stereocenters. The Morgan fingerprint density at radius 3 is 2.47 bits per heavy atom. The average Bonchev–Trinajstić information content (AvgIpc) is 2.17. The fourth-order valence-electron chi connectivity index (χ4n) is 1.18. The zero-order valence-corrected chi connectivity index (χ0v) is 9.37. The van der Waals surface area contributed by atoms with E-state index in [-0.39, 0.29) is 12.4 Å². The molecular formula is C10H15NO3S. The van der Waals surface area contributed by atoms with Gasteiger partial charge in [0.25, 0.3) is 0 Å². The fraction of sp³-hybridized carbons (Fsp3) is 0.400. The van der Waals surface area contributed by atoms with Gasteiger partial charge in [-0.3, -0.25) is 0 Å². The number of hydrogen-bond donors (Lipinski definition) is 2. The van der Waals surface area contributed by atoms with Gasteiger partial charge < -0.3 is 5.11 Å². The molecule has 4 nitrogen and oxygen atoms in total. The second-order valence-corrected chi connectivity index (χ2v) is 5.20. The molecule has 1 aromatic rings. The van der Waals surface area contributed by atoms with E-state index in [0.717, 1.165) is 5.56 Å². The third-order valence-electron chi connectivity index (χ3n) is 1.85. The highest BCUT2D eigenvalue weighted by Crippen LogP contribution is 2.04. The number of rotatable bonds is 5. The van der Waals surface area contributed by atoms with Gasteiger partial charge in [-0.25, -0.2) is 13.1 Å². The minimum Gasteiger partial charge on any atom is -0.395 e. The topological polar surface area (TPSA) is 66.4 Å². The molecule has 5 heteroatoms. The minimum absolute atomic E-state index is 0.0574. The molecule has 1 rings (SSSR count). The number of aliphatic hydroxyl groups excluding tert-OH is 1. The first-order chi connectivity index (χ1) is 7.03. The van der Waals surface area contributed by atoms with Gasteiger partial charge in [0.05, 0.1) is 12.4 Å². The molecule has 2 N–H and O–H groups in total. The van der Waals surface area contributed by atoms with Crippen LogP contribution in [-0.2, 0) is 15.8 Å². The van der Waals surface area contributed by atoms with Crippen molar-refractivity contribution in [3.05, 3.63) is 35.9 Å². The summed E-state index contributed by atoms with van der Waals surface area (Å²) in [6.45, 7) is 1.41. The van der Waals surface area contributed by atoms with Crippen LogP contribution in [0.3, 0.4) is 0 Å². The lowest BCUT2D eigenvalue weighted by atomic mass is 10.2. The quantitative estimate of drug-likeness (QED) is 0.772. The number of hydrogen-bond acceptors (Lipinski definition) is 3. The van der Waals surface area contributed by atoms with Gasteiger partial charge in [-0.05, 0) is 12.5 Å². The fourth-order valence-corrected chi connectivity index (χ4v) is 2.58. The van der Waals surface area contributed by atoms with Crippen LogP contribution in [-0.4, -0.2) is 26.2 Å². The monoisotopic (exact) mass is 229 g/mol. The van der Waals surface area contributed by atoms with E-state index in [1.807, 2.05) is 6.07 Å². The smallest absolute Gasteiger partial charge is 0.216 e. The highest BCUT2D eigenvalue weighted by Gasteiger charge is 2.14. The molecule has 0 aliphatic rings. The molecule has 0 spiro atoms. The predicted molar refractivity (Wildman–Crippen MR) is 58.7 cm³/mol. The van der Waals surface area contributed by atoms with Crippen molar-refractivity contribution in [3.63, 3.8) is 0 Å². The zero-order chi connectivity index (χ0) is 11.3. The summed E-state index contributed by atoms with van der Waals surface area (Å²) in [6.07, 6.45) is 0. The van der Waals surface area contributed by atoms with Crippen LogP contribution >= 0.6 is 0 Å². The van der Waals surface area contributed by atoms with E-state index in [9.17, 15) is 8.42 Å². The molecular weight excluding hydrogens is 214 g/mol. The summed E-state index contributed by atoms with van der Waals surface area (Å²) in [5.41, 5.74) is 0.732. The van der Waals surface area contributed by atoms with E-state index in [2.05, 4.69) is 4.72 Å². The van der Waals surface area contributed by atoms with Crippen molar-refractivity contribution in [1.29, 1.82) is 0 Å². The van der Waals surface area contributed by atoms with Crippen molar-refractivity contribution >= 4 is 10.0 Å². The lowest BCUT2D eigenvalue weighted by molar-refractivity contribution is 0.265. The maximum absolute atomic E-state index is 11.5. The molecule has 0 saturated heterocycles. The van der Waals surface area contributed by atoms with E-state index in [1.165, 1.54) is 0 Å². The maximum atomic E-state index is 11.5. The third kappa shape index (κ3) is 4.42. The van der Waals surface area contributed by atoms with Crippen LogP contribution in [0.1, 0.15) is 12.5 Å². The Hall–Kier alpha value is -0.910. The minimum atomic E-state index is -3.36. The first-order valence-corrected chi connectivity index (χ1v) is 6.33. The molecule has 0 aromatic heterocycles. The highest BCUT2D eigenvalue weighted by molar-refractivity contribution is 7.88. The first-order valence-electron chi connectivity index (χ1n) is 4.68. The molecule has 0 heterocycles. The Labute approximate surface area is 90.0 Å². The van der Waals surface area contributed by atoms with Crippen LogP contribution in [0.25, 0.3) is 0 Å². The number of aliphatic hydroxyl groups is 1. The molecule has 0 radical (unpaired) electrons. The highest BCUT2D eigenvalue weighted by atomic mass is 32.2. The van der Waals surface area contributed by atoms with Crippen molar-refractivity contribution < 1.29 is 13.5 Å². The van der Waals surface area contributed by atoms with Crippen LogP contribution in [0, 0.1) is 0 Å². The summed E-state index contributed by atoms with van der Waals surface area (Å²) in [7, 11) is -3.36. The van der Waals surface area contributed by atoms with Crippen molar-refractivity contribution in [2.75, 3.05) is 6.61 Å². The van der Waals surface area contributed by atoms with Gasteiger partial charge in [0.15, 0.2) is 0 Å². The van der Waals surface area contributed by atoms with Gasteiger partial charge in [0.2, 0.25) is 10.0 Å². The molecule has 0 bridgehead atoms. The SMILES string of the molecule is C[C@H](CO)NS(=O)(=O)Cc1ccccc1. The van der Waals surface area contributed by atoms with Crippen molar-refractivity contribution in [3.8, 4) is 0 Å². The molecule has 15 heavy (non-hydrogen) atoms. The maximum Gasteiger partial charge on any atom is 0.216 e. The largest absolute Gasteiger partial charge is 0.395 e. The molecule has 0 fully saturated rings. The molecule has 0 unspecified atom stereocenters. The standard InChI is InChI=1S/C10H15NO3S/c1-9(7-12)11-15(13,14)8-10-5-3-2-4-6-10/h2-6,9,11-12H,7-8H2,1H3/t9-/m1/s1. The normalized spacial score (nSPS) is 13.7. The lowest BCUT2D eigenvalue weighted by Gasteiger charge is -2.11. The van der Waals surface area contributed by atoms with Crippen molar-refractivity contribution in [1.82, 2.24) is 4.72 Å². The van der Waals surface area contributed by atoms with Crippen LogP contribution in [0.5, 0.6) is 0 Å². The van der Waals surface area contributed by atoms with Gasteiger partial charge in [-0.2, -0.15) is 0 Å². The van der Waals surface area contributed by atoms with Crippen LogP contribution in [0.2, 0.25) is 0 Å². The van der Waals surface area contributed by atoms with E-state index in [1.54, 1.807) is 31.2 Å². The predicted octanol–water partition coefficient (Wildman–Crippen LogP) is 0.487. The Bertz CT molecular complexity index is 388. The first kappa shape index (κ1) is 12.2. The summed E-state index contributed by atoms with van der Waals surface area (Å²) >= 11 is 0. The molecule has 0 amide bonds. The van der Waals surface area contributed by atoms with Gasteiger partial charge in [-0.1, -0.05) is 30.3 Å². The summed E-state index contributed by atoms with van der Waals surface area (Å²) in [6, 6.07) is 8.48. The summed E-state index contributed by atoms with van der Waals surface area (Å²) in [5, 5.41) is 8.74. The zero-order valence-electron chi connectivity index (χ0n) is 8.55. The van der Waals surface area contributed by atoms with E-state index < -0.39 is 16.1 Å². The number of benzene rings is 1. The van der Waals surface area contributed by atoms with E-state index >= 15 is 0 Å². The Morgan fingerprint density at radius 1 is 1.33 bits per heavy atom. The molecule has 84 valence electrons. The molecule has 1 aromatic carbocycles. The van der Waals surface area contributed by atoms with Gasteiger partial charge in [0.1, 0.15) is 0 Å². The van der Waals surface area contributed by atoms with E-state index in [4.69, 9.17) is 5.11 Å². The van der Waals surface area contributed by atoms with Crippen molar-refractivity contribution in [2.45, 2.75) is 18.7 Å². The molecule has 0 aliphatic heterocycles. The summed E-state index contributed by atoms with van der Waals surface area (Å²) < 4.78 is 25.5. The second kappa shape index (κ2) is 5.25. The number of sulfonamides is 1. The van der Waals surface area contributed by atoms with Crippen LogP contribution in [0.15, 0.2) is 30.3 Å². The van der Waals surface area contributed by atoms with E-state index in [0.29, 0.717) is 0 Å². The lowest BCUT2D eigenvalue weighted by Crippen LogP contribution is -2.35. The molecule has 0 saturated carbocycles. The van der Waals surface area contributed by atoms with Gasteiger partial charge in [-0.15, -0.1) is 0 Å². The summed E-state index contributed by atoms with van der Waals surface area (Å²) in [5.74, 6) is -0.0574. The third-order valence-corrected chi connectivity index (χ3v) is 3.33. The molecule has 0 aliphatic carbocycles. The number of nitrogens with one attached hydrogen (secondary N) is 1. The van der Waals surface area contributed by atoms with Crippen LogP contribution < -0.4 is 4.72 Å². The Morgan fingerprint density at radius 2 is 1.93 bits per heavy atom. The van der Waals surface area contributed by atoms with Gasteiger partial charge in [0, 0.05) is 6.04 Å². The Kier molecular flexibility index (Phi) is 4.26.